The number of carbonyl (C=O) groups is 1. The highest BCUT2D eigenvalue weighted by Gasteiger charge is 2.22. The molecule has 0 aromatic carbocycles. The van der Waals surface area contributed by atoms with Gasteiger partial charge in [-0.1, -0.05) is 32.9 Å². The molecular formula is C20H29N5O3. The second-order valence-electron chi connectivity index (χ2n) is 7.86. The average molecular weight is 387 g/mol. The predicted octanol–water partition coefficient (Wildman–Crippen LogP) is 2.77. The Morgan fingerprint density at radius 1 is 1.32 bits per heavy atom. The Balaban J connectivity index is 1.55. The maximum atomic E-state index is 12.3. The van der Waals surface area contributed by atoms with Crippen LogP contribution in [0.1, 0.15) is 62.1 Å². The minimum absolute atomic E-state index is 0.161. The van der Waals surface area contributed by atoms with E-state index in [1.165, 1.54) is 0 Å². The van der Waals surface area contributed by atoms with E-state index < -0.39 is 0 Å². The molecule has 2 aromatic heterocycles. The molecular weight excluding hydrogens is 358 g/mol. The van der Waals surface area contributed by atoms with Crippen molar-refractivity contribution in [1.82, 2.24) is 20.4 Å². The minimum atomic E-state index is -0.213. The summed E-state index contributed by atoms with van der Waals surface area (Å²) in [6, 6.07) is 3.68. The van der Waals surface area contributed by atoms with E-state index in [1.807, 2.05) is 19.9 Å². The van der Waals surface area contributed by atoms with Gasteiger partial charge in [-0.05, 0) is 24.5 Å². The molecule has 2 aromatic rings. The normalized spacial score (nSPS) is 17.4. The largest absolute Gasteiger partial charge is 0.375 e. The summed E-state index contributed by atoms with van der Waals surface area (Å²) in [5.41, 5.74) is 0.503. The van der Waals surface area contributed by atoms with E-state index in [9.17, 15) is 4.79 Å². The third-order valence-electron chi connectivity index (χ3n) is 4.59. The van der Waals surface area contributed by atoms with E-state index in [0.29, 0.717) is 29.8 Å². The first kappa shape index (κ1) is 20.3. The molecule has 1 amide bonds. The number of ether oxygens (including phenoxy) is 1. The molecule has 0 saturated carbocycles. The molecule has 1 aliphatic heterocycles. The fourth-order valence-corrected chi connectivity index (χ4v) is 3.14. The third kappa shape index (κ3) is 5.28. The number of anilines is 1. The van der Waals surface area contributed by atoms with Crippen LogP contribution in [-0.4, -0.2) is 46.8 Å². The Hall–Kier alpha value is -2.48. The number of amides is 1. The molecule has 1 N–H and O–H groups in total. The Morgan fingerprint density at radius 3 is 2.79 bits per heavy atom. The van der Waals surface area contributed by atoms with E-state index in [1.54, 1.807) is 12.3 Å². The Kier molecular flexibility index (Phi) is 6.61. The molecule has 8 nitrogen and oxygen atoms in total. The molecule has 0 bridgehead atoms. The molecule has 8 heteroatoms. The van der Waals surface area contributed by atoms with Gasteiger partial charge in [-0.2, -0.15) is 4.98 Å². The summed E-state index contributed by atoms with van der Waals surface area (Å²) in [7, 11) is 0. The molecule has 0 radical (unpaired) electrons. The molecule has 1 aliphatic rings. The van der Waals surface area contributed by atoms with Gasteiger partial charge in [0.2, 0.25) is 5.89 Å². The van der Waals surface area contributed by atoms with Crippen molar-refractivity contribution in [3.63, 3.8) is 0 Å². The summed E-state index contributed by atoms with van der Waals surface area (Å²) < 4.78 is 11.0. The van der Waals surface area contributed by atoms with Crippen molar-refractivity contribution in [3.8, 4) is 0 Å². The van der Waals surface area contributed by atoms with Gasteiger partial charge >= 0.3 is 0 Å². The summed E-state index contributed by atoms with van der Waals surface area (Å²) in [4.78, 5) is 23.3. The number of pyridine rings is 1. The zero-order chi connectivity index (χ0) is 20.1. The summed E-state index contributed by atoms with van der Waals surface area (Å²) in [5.74, 6) is 2.44. The smallest absolute Gasteiger partial charge is 0.253 e. The first-order valence-electron chi connectivity index (χ1n) is 9.85. The van der Waals surface area contributed by atoms with Gasteiger partial charge in [0.1, 0.15) is 5.82 Å². The summed E-state index contributed by atoms with van der Waals surface area (Å²) in [6.45, 7) is 10.9. The Morgan fingerprint density at radius 2 is 2.14 bits per heavy atom. The zero-order valence-electron chi connectivity index (χ0n) is 17.0. The van der Waals surface area contributed by atoms with Crippen molar-refractivity contribution < 1.29 is 14.1 Å². The molecule has 1 saturated heterocycles. The average Bonchev–Trinajstić information content (AvgIpc) is 3.15. The highest BCUT2D eigenvalue weighted by atomic mass is 16.5. The summed E-state index contributed by atoms with van der Waals surface area (Å²) in [6.07, 6.45) is 2.86. The summed E-state index contributed by atoms with van der Waals surface area (Å²) >= 11 is 0. The van der Waals surface area contributed by atoms with Gasteiger partial charge in [-0.15, -0.1) is 0 Å². The van der Waals surface area contributed by atoms with Crippen molar-refractivity contribution in [2.75, 3.05) is 24.6 Å². The molecule has 3 heterocycles. The summed E-state index contributed by atoms with van der Waals surface area (Å²) in [5, 5.41) is 6.67. The quantitative estimate of drug-likeness (QED) is 0.781. The van der Waals surface area contributed by atoms with Gasteiger partial charge in [0, 0.05) is 25.2 Å². The standard InChI is InChI=1S/C20H29N5O3/c1-13(2)9-16-12-25(7-8-27-16)18-6-5-15(10-21-18)19(26)22-11-17-23-20(14(3)4)28-24-17/h5-6,10,13-14,16H,7-9,11-12H2,1-4H3,(H,22,26). The van der Waals surface area contributed by atoms with E-state index in [0.717, 1.165) is 25.3 Å². The topological polar surface area (TPSA) is 93.4 Å². The lowest BCUT2D eigenvalue weighted by molar-refractivity contribution is 0.0273. The van der Waals surface area contributed by atoms with Crippen molar-refractivity contribution in [2.45, 2.75) is 52.7 Å². The maximum Gasteiger partial charge on any atom is 0.253 e. The number of aromatic nitrogens is 3. The molecule has 1 atom stereocenters. The molecule has 1 fully saturated rings. The molecule has 0 spiro atoms. The van der Waals surface area contributed by atoms with E-state index >= 15 is 0 Å². The number of hydrogen-bond donors (Lipinski definition) is 1. The van der Waals surface area contributed by atoms with Crippen molar-refractivity contribution in [2.24, 2.45) is 5.92 Å². The second-order valence-corrected chi connectivity index (χ2v) is 7.86. The van der Waals surface area contributed by atoms with Gasteiger partial charge in [-0.25, -0.2) is 4.98 Å². The highest BCUT2D eigenvalue weighted by molar-refractivity contribution is 5.93. The van der Waals surface area contributed by atoms with Crippen LogP contribution in [0.25, 0.3) is 0 Å². The first-order chi connectivity index (χ1) is 13.4. The first-order valence-corrected chi connectivity index (χ1v) is 9.85. The van der Waals surface area contributed by atoms with Crippen molar-refractivity contribution in [3.05, 3.63) is 35.6 Å². The highest BCUT2D eigenvalue weighted by Crippen LogP contribution is 2.19. The third-order valence-corrected chi connectivity index (χ3v) is 4.59. The fraction of sp³-hybridized carbons (Fsp3) is 0.600. The SMILES string of the molecule is CC(C)CC1CN(c2ccc(C(=O)NCc3noc(C(C)C)n3)cn2)CCO1. The second kappa shape index (κ2) is 9.14. The molecule has 3 rings (SSSR count). The van der Waals surface area contributed by atoms with Crippen LogP contribution in [0.3, 0.4) is 0 Å². The van der Waals surface area contributed by atoms with Crippen LogP contribution in [0.5, 0.6) is 0 Å². The lowest BCUT2D eigenvalue weighted by Gasteiger charge is -2.34. The van der Waals surface area contributed by atoms with Gasteiger partial charge in [-0.3, -0.25) is 4.79 Å². The van der Waals surface area contributed by atoms with Crippen LogP contribution in [0, 0.1) is 5.92 Å². The van der Waals surface area contributed by atoms with E-state index in [-0.39, 0.29) is 24.5 Å². The van der Waals surface area contributed by atoms with E-state index in [4.69, 9.17) is 9.26 Å². The number of nitrogens with one attached hydrogen (secondary N) is 1. The Labute approximate surface area is 165 Å². The van der Waals surface area contributed by atoms with Crippen LogP contribution in [0.15, 0.2) is 22.9 Å². The maximum absolute atomic E-state index is 12.3. The van der Waals surface area contributed by atoms with Crippen LogP contribution in [0.4, 0.5) is 5.82 Å². The molecule has 1 unspecified atom stereocenters. The van der Waals surface area contributed by atoms with E-state index in [2.05, 4.69) is 39.2 Å². The molecule has 0 aliphatic carbocycles. The van der Waals surface area contributed by atoms with Gasteiger partial charge < -0.3 is 19.5 Å². The van der Waals surface area contributed by atoms with Crippen LogP contribution in [0.2, 0.25) is 0 Å². The van der Waals surface area contributed by atoms with Gasteiger partial charge in [0.05, 0.1) is 24.8 Å². The number of hydrogen-bond acceptors (Lipinski definition) is 7. The lowest BCUT2D eigenvalue weighted by Crippen LogP contribution is -2.43. The predicted molar refractivity (Wildman–Crippen MR) is 105 cm³/mol. The number of nitrogens with zero attached hydrogens (tertiary/aromatic N) is 4. The Bertz CT molecular complexity index is 772. The van der Waals surface area contributed by atoms with Crippen molar-refractivity contribution in [1.29, 1.82) is 0 Å². The van der Waals surface area contributed by atoms with Crippen LogP contribution in [-0.2, 0) is 11.3 Å². The minimum Gasteiger partial charge on any atom is -0.375 e. The number of rotatable bonds is 7. The number of carbonyl (C=O) groups excluding carboxylic acids is 1. The van der Waals surface area contributed by atoms with Gasteiger partial charge in [0.25, 0.3) is 5.91 Å². The van der Waals surface area contributed by atoms with Gasteiger partial charge in [0.15, 0.2) is 5.82 Å². The zero-order valence-corrected chi connectivity index (χ0v) is 17.0. The molecule has 152 valence electrons. The lowest BCUT2D eigenvalue weighted by atomic mass is 10.0. The molecule has 28 heavy (non-hydrogen) atoms. The number of morpholine rings is 1. The monoisotopic (exact) mass is 387 g/mol. The fourth-order valence-electron chi connectivity index (χ4n) is 3.14. The van der Waals surface area contributed by atoms with Crippen LogP contribution >= 0.6 is 0 Å². The van der Waals surface area contributed by atoms with Crippen molar-refractivity contribution >= 4 is 11.7 Å². The van der Waals surface area contributed by atoms with Crippen LogP contribution < -0.4 is 10.2 Å².